The third kappa shape index (κ3) is 6.07. The van der Waals surface area contributed by atoms with E-state index in [0.717, 1.165) is 18.2 Å². The van der Waals surface area contributed by atoms with E-state index < -0.39 is 27.1 Å². The lowest BCUT2D eigenvalue weighted by Crippen LogP contribution is -2.17. The number of nitrogens with zero attached hydrogens (tertiary/aromatic N) is 3. The van der Waals surface area contributed by atoms with Crippen LogP contribution in [0, 0.1) is 20.2 Å². The minimum absolute atomic E-state index is 0.185. The fraction of sp³-hybridized carbons (Fsp3) is 0.130. The zero-order valence-electron chi connectivity index (χ0n) is 18.7. The minimum Gasteiger partial charge on any atom is -0.493 e. The molecule has 0 unspecified atom stereocenters. The van der Waals surface area contributed by atoms with Crippen LogP contribution in [-0.4, -0.2) is 35.7 Å². The van der Waals surface area contributed by atoms with Crippen molar-refractivity contribution in [1.82, 2.24) is 5.43 Å². The molecule has 0 heterocycles. The predicted octanol–water partition coefficient (Wildman–Crippen LogP) is 4.47. The fourth-order valence-electron chi connectivity index (χ4n) is 2.96. The van der Waals surface area contributed by atoms with Gasteiger partial charge >= 0.3 is 5.69 Å². The normalized spacial score (nSPS) is 10.6. The molecule has 35 heavy (non-hydrogen) atoms. The van der Waals surface area contributed by atoms with Gasteiger partial charge in [-0.15, -0.1) is 0 Å². The molecule has 1 N–H and O–H groups in total. The zero-order valence-corrected chi connectivity index (χ0v) is 18.7. The lowest BCUT2D eigenvalue weighted by molar-refractivity contribution is -0.394. The molecule has 3 aromatic carbocycles. The highest BCUT2D eigenvalue weighted by atomic mass is 16.6. The van der Waals surface area contributed by atoms with Crippen LogP contribution in [0.1, 0.15) is 22.8 Å². The van der Waals surface area contributed by atoms with E-state index in [0.29, 0.717) is 23.7 Å². The molecule has 0 bridgehead atoms. The maximum Gasteiger partial charge on any atom is 0.318 e. The summed E-state index contributed by atoms with van der Waals surface area (Å²) in [6, 6.07) is 14.2. The number of rotatable bonds is 10. The fourth-order valence-corrected chi connectivity index (χ4v) is 2.96. The number of amides is 1. The van der Waals surface area contributed by atoms with E-state index in [-0.39, 0.29) is 17.1 Å². The van der Waals surface area contributed by atoms with Crippen LogP contribution in [0.4, 0.5) is 11.4 Å². The number of nitro groups is 2. The molecule has 1 amide bonds. The first-order valence-corrected chi connectivity index (χ1v) is 10.2. The standard InChI is InChI=1S/C23H20N4O8/c1-3-34-21-10-8-15(12-22(21)33-2)23(28)25-24-14-16-6-4-5-7-19(16)35-20-11-9-17(26(29)30)13-18(20)27(31)32/h4-14H,3H2,1-2H3,(H,25,28)/b24-14+. The summed E-state index contributed by atoms with van der Waals surface area (Å²) in [5.41, 5.74) is 2.06. The Balaban J connectivity index is 1.78. The smallest absolute Gasteiger partial charge is 0.318 e. The Labute approximate surface area is 199 Å². The molecule has 0 aliphatic rings. The largest absolute Gasteiger partial charge is 0.493 e. The summed E-state index contributed by atoms with van der Waals surface area (Å²) in [5.74, 6) is 0.387. The molecule has 12 heteroatoms. The van der Waals surface area contributed by atoms with Crippen LogP contribution in [0.25, 0.3) is 0 Å². The van der Waals surface area contributed by atoms with Gasteiger partial charge in [0.25, 0.3) is 11.6 Å². The summed E-state index contributed by atoms with van der Waals surface area (Å²) in [5, 5.41) is 26.2. The number of nitrogens with one attached hydrogen (secondary N) is 1. The topological polar surface area (TPSA) is 155 Å². The highest BCUT2D eigenvalue weighted by molar-refractivity contribution is 5.95. The molecular formula is C23H20N4O8. The van der Waals surface area contributed by atoms with Crippen molar-refractivity contribution in [3.63, 3.8) is 0 Å². The zero-order chi connectivity index (χ0) is 25.4. The first kappa shape index (κ1) is 24.6. The molecule has 12 nitrogen and oxygen atoms in total. The van der Waals surface area contributed by atoms with Crippen molar-refractivity contribution in [3.8, 4) is 23.0 Å². The van der Waals surface area contributed by atoms with Crippen molar-refractivity contribution in [2.24, 2.45) is 5.10 Å². The molecule has 3 aromatic rings. The van der Waals surface area contributed by atoms with E-state index in [2.05, 4.69) is 10.5 Å². The van der Waals surface area contributed by atoms with Crippen LogP contribution in [0.2, 0.25) is 0 Å². The van der Waals surface area contributed by atoms with Gasteiger partial charge in [0.15, 0.2) is 11.5 Å². The third-order valence-corrected chi connectivity index (χ3v) is 4.58. The van der Waals surface area contributed by atoms with Gasteiger partial charge in [-0.25, -0.2) is 5.43 Å². The van der Waals surface area contributed by atoms with Gasteiger partial charge in [-0.1, -0.05) is 12.1 Å². The Hall–Kier alpha value is -5.00. The molecule has 0 saturated heterocycles. The molecule has 0 aliphatic carbocycles. The lowest BCUT2D eigenvalue weighted by Gasteiger charge is -2.10. The maximum absolute atomic E-state index is 12.5. The lowest BCUT2D eigenvalue weighted by atomic mass is 10.2. The second kappa shape index (κ2) is 11.2. The van der Waals surface area contributed by atoms with Gasteiger partial charge in [0.2, 0.25) is 5.75 Å². The van der Waals surface area contributed by atoms with E-state index >= 15 is 0 Å². The average Bonchev–Trinajstić information content (AvgIpc) is 2.85. The Kier molecular flexibility index (Phi) is 7.90. The number of para-hydroxylation sites is 1. The van der Waals surface area contributed by atoms with Crippen LogP contribution >= 0.6 is 0 Å². The van der Waals surface area contributed by atoms with Crippen molar-refractivity contribution in [2.45, 2.75) is 6.92 Å². The number of hydrogen-bond donors (Lipinski definition) is 1. The van der Waals surface area contributed by atoms with E-state index in [1.54, 1.807) is 30.3 Å². The Bertz CT molecular complexity index is 1290. The number of carbonyl (C=O) groups is 1. The number of nitro benzene ring substituents is 2. The van der Waals surface area contributed by atoms with Gasteiger partial charge in [-0.3, -0.25) is 25.0 Å². The summed E-state index contributed by atoms with van der Waals surface area (Å²) < 4.78 is 16.3. The third-order valence-electron chi connectivity index (χ3n) is 4.58. The van der Waals surface area contributed by atoms with Crippen molar-refractivity contribution >= 4 is 23.5 Å². The number of methoxy groups -OCH3 is 1. The van der Waals surface area contributed by atoms with E-state index in [9.17, 15) is 25.0 Å². The van der Waals surface area contributed by atoms with Gasteiger partial charge in [0, 0.05) is 17.2 Å². The number of non-ortho nitro benzene ring substituents is 1. The monoisotopic (exact) mass is 480 g/mol. The summed E-state index contributed by atoms with van der Waals surface area (Å²) >= 11 is 0. The van der Waals surface area contributed by atoms with Gasteiger partial charge < -0.3 is 14.2 Å². The molecule has 3 rings (SSSR count). The quantitative estimate of drug-likeness (QED) is 0.253. The number of hydrazone groups is 1. The summed E-state index contributed by atoms with van der Waals surface area (Å²) in [6.07, 6.45) is 1.30. The molecule has 0 atom stereocenters. The Morgan fingerprint density at radius 1 is 0.971 bits per heavy atom. The average molecular weight is 480 g/mol. The molecule has 0 aromatic heterocycles. The van der Waals surface area contributed by atoms with E-state index in [1.165, 1.54) is 25.5 Å². The molecule has 0 aliphatic heterocycles. The summed E-state index contributed by atoms with van der Waals surface area (Å²) in [6.45, 7) is 2.27. The van der Waals surface area contributed by atoms with Gasteiger partial charge in [0.05, 0.1) is 35.8 Å². The van der Waals surface area contributed by atoms with Gasteiger partial charge in [-0.05, 0) is 43.3 Å². The van der Waals surface area contributed by atoms with Crippen LogP contribution in [0.3, 0.4) is 0 Å². The van der Waals surface area contributed by atoms with Crippen molar-refractivity contribution in [1.29, 1.82) is 0 Å². The molecule has 0 fully saturated rings. The second-order valence-electron chi connectivity index (χ2n) is 6.80. The molecule has 0 radical (unpaired) electrons. The van der Waals surface area contributed by atoms with Crippen molar-refractivity contribution in [3.05, 3.63) is 92.0 Å². The molecular weight excluding hydrogens is 460 g/mol. The van der Waals surface area contributed by atoms with Crippen LogP contribution in [0.15, 0.2) is 65.8 Å². The SMILES string of the molecule is CCOc1ccc(C(=O)N/N=C/c2ccccc2Oc2ccc([N+](=O)[O-])cc2[N+](=O)[O-])cc1OC. The van der Waals surface area contributed by atoms with Gasteiger partial charge in [0.1, 0.15) is 5.75 Å². The highest BCUT2D eigenvalue weighted by Gasteiger charge is 2.21. The van der Waals surface area contributed by atoms with Crippen LogP contribution < -0.4 is 19.6 Å². The van der Waals surface area contributed by atoms with Crippen LogP contribution in [0.5, 0.6) is 23.0 Å². The highest BCUT2D eigenvalue weighted by Crippen LogP contribution is 2.35. The van der Waals surface area contributed by atoms with E-state index in [4.69, 9.17) is 14.2 Å². The Morgan fingerprint density at radius 3 is 2.40 bits per heavy atom. The Morgan fingerprint density at radius 2 is 1.71 bits per heavy atom. The number of hydrogen-bond acceptors (Lipinski definition) is 9. The van der Waals surface area contributed by atoms with E-state index in [1.807, 2.05) is 6.92 Å². The van der Waals surface area contributed by atoms with Gasteiger partial charge in [-0.2, -0.15) is 5.10 Å². The number of ether oxygens (including phenoxy) is 3. The first-order valence-electron chi connectivity index (χ1n) is 10.2. The predicted molar refractivity (Wildman–Crippen MR) is 125 cm³/mol. The van der Waals surface area contributed by atoms with Crippen molar-refractivity contribution in [2.75, 3.05) is 13.7 Å². The molecule has 0 saturated carbocycles. The van der Waals surface area contributed by atoms with Crippen molar-refractivity contribution < 1.29 is 28.9 Å². The van der Waals surface area contributed by atoms with Crippen LogP contribution in [-0.2, 0) is 0 Å². The number of carbonyl (C=O) groups excluding carboxylic acids is 1. The molecule has 180 valence electrons. The maximum atomic E-state index is 12.5. The number of benzene rings is 3. The first-order chi connectivity index (χ1) is 16.8. The summed E-state index contributed by atoms with van der Waals surface area (Å²) in [4.78, 5) is 33.3. The minimum atomic E-state index is -0.773. The second-order valence-corrected chi connectivity index (χ2v) is 6.80. The molecule has 0 spiro atoms. The summed E-state index contributed by atoms with van der Waals surface area (Å²) in [7, 11) is 1.46.